The van der Waals surface area contributed by atoms with Crippen LogP contribution in [0.4, 0.5) is 5.69 Å². The molecule has 88 valence electrons. The van der Waals surface area contributed by atoms with Crippen molar-refractivity contribution in [3.8, 4) is 0 Å². The van der Waals surface area contributed by atoms with E-state index in [1.54, 1.807) is 18.5 Å². The van der Waals surface area contributed by atoms with Crippen LogP contribution < -0.4 is 5.32 Å². The maximum atomic E-state index is 10.6. The van der Waals surface area contributed by atoms with E-state index in [1.807, 2.05) is 0 Å². The average molecular weight is 253 g/mol. The Labute approximate surface area is 102 Å². The van der Waals surface area contributed by atoms with E-state index in [2.05, 4.69) is 10.3 Å². The van der Waals surface area contributed by atoms with Gasteiger partial charge < -0.3 is 14.8 Å². The number of anilines is 1. The van der Waals surface area contributed by atoms with Crippen LogP contribution in [0.2, 0.25) is 5.02 Å². The predicted molar refractivity (Wildman–Crippen MR) is 62.2 cm³/mol. The Kier molecular flexibility index (Phi) is 3.30. The number of rotatable bonds is 4. The van der Waals surface area contributed by atoms with Gasteiger partial charge in [-0.25, -0.2) is 4.79 Å². The van der Waals surface area contributed by atoms with Crippen molar-refractivity contribution >= 4 is 23.3 Å². The highest BCUT2D eigenvalue weighted by atomic mass is 35.5. The van der Waals surface area contributed by atoms with Gasteiger partial charge in [0.15, 0.2) is 0 Å². The summed E-state index contributed by atoms with van der Waals surface area (Å²) >= 11 is 5.92. The molecule has 0 radical (unpaired) electrons. The smallest absolute Gasteiger partial charge is 0.338 e. The van der Waals surface area contributed by atoms with Crippen molar-refractivity contribution in [3.05, 3.63) is 47.1 Å². The first-order valence-electron chi connectivity index (χ1n) is 4.81. The summed E-state index contributed by atoms with van der Waals surface area (Å²) in [6, 6.07) is 3.12. The Balaban J connectivity index is 2.02. The van der Waals surface area contributed by atoms with Gasteiger partial charge >= 0.3 is 5.97 Å². The van der Waals surface area contributed by atoms with Gasteiger partial charge in [-0.05, 0) is 12.1 Å². The molecule has 0 aromatic carbocycles. The molecule has 0 saturated heterocycles. The van der Waals surface area contributed by atoms with E-state index in [0.29, 0.717) is 23.0 Å². The molecule has 2 heterocycles. The zero-order valence-corrected chi connectivity index (χ0v) is 9.44. The molecule has 2 aromatic heterocycles. The highest BCUT2D eigenvalue weighted by Gasteiger charge is 2.08. The highest BCUT2D eigenvalue weighted by molar-refractivity contribution is 6.33. The van der Waals surface area contributed by atoms with Crippen LogP contribution in [-0.2, 0) is 6.54 Å². The molecule has 0 amide bonds. The number of pyridine rings is 1. The number of hydrogen-bond donors (Lipinski definition) is 2. The van der Waals surface area contributed by atoms with E-state index in [1.165, 1.54) is 12.3 Å². The summed E-state index contributed by atoms with van der Waals surface area (Å²) < 4.78 is 5.08. The third kappa shape index (κ3) is 2.76. The lowest BCUT2D eigenvalue weighted by atomic mass is 10.3. The van der Waals surface area contributed by atoms with Gasteiger partial charge in [-0.15, -0.1) is 0 Å². The Morgan fingerprint density at radius 1 is 1.59 bits per heavy atom. The second-order valence-corrected chi connectivity index (χ2v) is 3.72. The largest absolute Gasteiger partial charge is 0.478 e. The lowest BCUT2D eigenvalue weighted by Crippen LogP contribution is -1.99. The van der Waals surface area contributed by atoms with Crippen LogP contribution in [-0.4, -0.2) is 16.1 Å². The first-order chi connectivity index (χ1) is 8.16. The third-order valence-corrected chi connectivity index (χ3v) is 2.45. The van der Waals surface area contributed by atoms with Crippen molar-refractivity contribution < 1.29 is 14.3 Å². The molecule has 0 aliphatic rings. The number of nitrogens with one attached hydrogen (secondary N) is 1. The molecule has 0 spiro atoms. The molecule has 0 aliphatic carbocycles. The van der Waals surface area contributed by atoms with Crippen LogP contribution in [0, 0.1) is 0 Å². The Bertz CT molecular complexity index is 539. The number of aromatic carboxylic acids is 1. The molecule has 0 saturated carbocycles. The highest BCUT2D eigenvalue weighted by Crippen LogP contribution is 2.20. The van der Waals surface area contributed by atoms with Crippen molar-refractivity contribution in [3.63, 3.8) is 0 Å². The van der Waals surface area contributed by atoms with E-state index in [9.17, 15) is 4.79 Å². The number of aromatic nitrogens is 1. The first-order valence-corrected chi connectivity index (χ1v) is 5.18. The fraction of sp³-hybridized carbons (Fsp3) is 0.0909. The van der Waals surface area contributed by atoms with Gasteiger partial charge in [0.2, 0.25) is 0 Å². The summed E-state index contributed by atoms with van der Waals surface area (Å²) in [4.78, 5) is 14.6. The molecule has 6 heteroatoms. The zero-order valence-electron chi connectivity index (χ0n) is 8.68. The summed E-state index contributed by atoms with van der Waals surface area (Å²) in [5.41, 5.74) is 0.793. The number of carboxylic acids is 1. The van der Waals surface area contributed by atoms with Crippen LogP contribution >= 0.6 is 11.6 Å². The average Bonchev–Trinajstić information content (AvgIpc) is 2.77. The molecule has 0 aliphatic heterocycles. The lowest BCUT2D eigenvalue weighted by Gasteiger charge is -2.04. The minimum absolute atomic E-state index is 0.124. The van der Waals surface area contributed by atoms with Gasteiger partial charge in [0.1, 0.15) is 12.0 Å². The summed E-state index contributed by atoms with van der Waals surface area (Å²) in [5.74, 6) is -0.498. The van der Waals surface area contributed by atoms with E-state index >= 15 is 0 Å². The molecule has 2 aromatic rings. The Hall–Kier alpha value is -2.01. The maximum absolute atomic E-state index is 10.6. The van der Waals surface area contributed by atoms with Crippen LogP contribution in [0.3, 0.4) is 0 Å². The van der Waals surface area contributed by atoms with E-state index < -0.39 is 5.97 Å². The van der Waals surface area contributed by atoms with Crippen molar-refractivity contribution in [1.82, 2.24) is 4.98 Å². The van der Waals surface area contributed by atoms with Crippen LogP contribution in [0.25, 0.3) is 0 Å². The number of hydrogen-bond acceptors (Lipinski definition) is 4. The second kappa shape index (κ2) is 4.88. The van der Waals surface area contributed by atoms with Crippen molar-refractivity contribution in [1.29, 1.82) is 0 Å². The van der Waals surface area contributed by atoms with E-state index in [0.717, 1.165) is 0 Å². The van der Waals surface area contributed by atoms with Gasteiger partial charge in [0, 0.05) is 6.20 Å². The van der Waals surface area contributed by atoms with Gasteiger partial charge in [0.05, 0.1) is 29.0 Å². The molecule has 5 nitrogen and oxygen atoms in total. The van der Waals surface area contributed by atoms with Gasteiger partial charge in [0.25, 0.3) is 0 Å². The maximum Gasteiger partial charge on any atom is 0.338 e. The topological polar surface area (TPSA) is 75.4 Å². The number of halogens is 1. The SMILES string of the molecule is O=C(O)c1coc(CNc2cnccc2Cl)c1. The molecule has 0 fully saturated rings. The molecular weight excluding hydrogens is 244 g/mol. The number of furan rings is 1. The van der Waals surface area contributed by atoms with Crippen LogP contribution in [0.15, 0.2) is 35.2 Å². The van der Waals surface area contributed by atoms with Crippen molar-refractivity contribution in [2.75, 3.05) is 5.32 Å². The standard InChI is InChI=1S/C11H9ClN2O3/c12-9-1-2-13-5-10(9)14-4-8-3-7(6-17-8)11(15)16/h1-3,5-6,14H,4H2,(H,15,16). The summed E-state index contributed by atoms with van der Waals surface area (Å²) in [7, 11) is 0. The summed E-state index contributed by atoms with van der Waals surface area (Å²) in [6.45, 7) is 0.346. The van der Waals surface area contributed by atoms with E-state index in [4.69, 9.17) is 21.1 Å². The molecular formula is C11H9ClN2O3. The molecule has 2 N–H and O–H groups in total. The van der Waals surface area contributed by atoms with E-state index in [-0.39, 0.29) is 5.56 Å². The number of carbonyl (C=O) groups is 1. The number of nitrogens with zero attached hydrogens (tertiary/aromatic N) is 1. The lowest BCUT2D eigenvalue weighted by molar-refractivity contribution is 0.0696. The molecule has 0 bridgehead atoms. The monoisotopic (exact) mass is 252 g/mol. The summed E-state index contributed by atoms with van der Waals surface area (Å²) in [6.07, 6.45) is 4.37. The van der Waals surface area contributed by atoms with Crippen molar-refractivity contribution in [2.24, 2.45) is 0 Å². The fourth-order valence-corrected chi connectivity index (χ4v) is 1.45. The Morgan fingerprint density at radius 3 is 3.06 bits per heavy atom. The summed E-state index contributed by atoms with van der Waals surface area (Å²) in [5, 5.41) is 12.3. The molecule has 17 heavy (non-hydrogen) atoms. The van der Waals surface area contributed by atoms with Gasteiger partial charge in [-0.2, -0.15) is 0 Å². The zero-order chi connectivity index (χ0) is 12.3. The quantitative estimate of drug-likeness (QED) is 0.875. The molecule has 0 unspecified atom stereocenters. The fourth-order valence-electron chi connectivity index (χ4n) is 1.28. The van der Waals surface area contributed by atoms with Gasteiger partial charge in [-0.3, -0.25) is 4.98 Å². The third-order valence-electron chi connectivity index (χ3n) is 2.12. The van der Waals surface area contributed by atoms with Crippen molar-refractivity contribution in [2.45, 2.75) is 6.54 Å². The second-order valence-electron chi connectivity index (χ2n) is 3.32. The first kappa shape index (κ1) is 11.5. The molecule has 2 rings (SSSR count). The molecule has 0 atom stereocenters. The van der Waals surface area contributed by atoms with Crippen LogP contribution in [0.5, 0.6) is 0 Å². The van der Waals surface area contributed by atoms with Gasteiger partial charge in [-0.1, -0.05) is 11.6 Å². The van der Waals surface area contributed by atoms with Crippen LogP contribution in [0.1, 0.15) is 16.1 Å². The minimum Gasteiger partial charge on any atom is -0.478 e. The number of carboxylic acid groups (broad SMARTS) is 1. The predicted octanol–water partition coefficient (Wildman–Crippen LogP) is 2.64. The Morgan fingerprint density at radius 2 is 2.41 bits per heavy atom. The minimum atomic E-state index is -1.01. The normalized spacial score (nSPS) is 10.2.